The number of benzene rings is 1. The van der Waals surface area contributed by atoms with Crippen molar-refractivity contribution in [3.8, 4) is 0 Å². The first-order valence-corrected chi connectivity index (χ1v) is 7.22. The van der Waals surface area contributed by atoms with Gasteiger partial charge in [-0.2, -0.15) is 0 Å². The number of aliphatic hydroxyl groups is 1. The number of aliphatic hydroxyl groups excluding tert-OH is 1. The van der Waals surface area contributed by atoms with Crippen LogP contribution in [0.3, 0.4) is 0 Å². The highest BCUT2D eigenvalue weighted by molar-refractivity contribution is 7.99. The fourth-order valence-electron chi connectivity index (χ4n) is 1.63. The largest absolute Gasteiger partial charge is 0.395 e. The molecule has 0 saturated carbocycles. The summed E-state index contributed by atoms with van der Waals surface area (Å²) in [6.45, 7) is 7.42. The molecule has 0 heterocycles. The maximum atomic E-state index is 9.22. The topological polar surface area (TPSA) is 32.3 Å². The lowest BCUT2D eigenvalue weighted by atomic mass is 10.1. The molecule has 0 fully saturated rings. The Labute approximate surface area is 109 Å². The van der Waals surface area contributed by atoms with Gasteiger partial charge in [-0.1, -0.05) is 32.9 Å². The van der Waals surface area contributed by atoms with Gasteiger partial charge >= 0.3 is 0 Å². The molecule has 1 unspecified atom stereocenters. The molecule has 96 valence electrons. The fourth-order valence-corrected chi connectivity index (χ4v) is 2.29. The second kappa shape index (κ2) is 7.75. The van der Waals surface area contributed by atoms with Gasteiger partial charge in [0.25, 0.3) is 0 Å². The summed E-state index contributed by atoms with van der Waals surface area (Å²) in [5, 5.41) is 12.6. The minimum Gasteiger partial charge on any atom is -0.395 e. The van der Waals surface area contributed by atoms with Crippen LogP contribution >= 0.6 is 11.8 Å². The Bertz CT molecular complexity index is 311. The van der Waals surface area contributed by atoms with Crippen LogP contribution in [0.15, 0.2) is 29.2 Å². The van der Waals surface area contributed by atoms with Crippen molar-refractivity contribution in [2.75, 3.05) is 12.4 Å². The van der Waals surface area contributed by atoms with Gasteiger partial charge in [-0.25, -0.2) is 0 Å². The van der Waals surface area contributed by atoms with Gasteiger partial charge in [0.15, 0.2) is 0 Å². The second-order valence-corrected chi connectivity index (χ2v) is 5.83. The molecule has 0 spiro atoms. The zero-order valence-corrected chi connectivity index (χ0v) is 11.8. The van der Waals surface area contributed by atoms with Crippen LogP contribution in [0.5, 0.6) is 0 Å². The van der Waals surface area contributed by atoms with E-state index in [-0.39, 0.29) is 12.6 Å². The first-order chi connectivity index (χ1) is 8.17. The highest BCUT2D eigenvalue weighted by atomic mass is 32.2. The van der Waals surface area contributed by atoms with Gasteiger partial charge in [-0.05, 0) is 29.4 Å². The molecule has 0 radical (unpaired) electrons. The predicted molar refractivity (Wildman–Crippen MR) is 75.4 cm³/mol. The van der Waals surface area contributed by atoms with Crippen LogP contribution in [-0.4, -0.2) is 23.5 Å². The minimum absolute atomic E-state index is 0.180. The van der Waals surface area contributed by atoms with Crippen LogP contribution in [-0.2, 0) is 6.54 Å². The van der Waals surface area contributed by atoms with Crippen LogP contribution in [0.4, 0.5) is 0 Å². The highest BCUT2D eigenvalue weighted by Crippen LogP contribution is 2.17. The van der Waals surface area contributed by atoms with Gasteiger partial charge in [-0.15, -0.1) is 11.8 Å². The van der Waals surface area contributed by atoms with E-state index in [0.717, 1.165) is 12.3 Å². The summed E-state index contributed by atoms with van der Waals surface area (Å²) in [4.78, 5) is 1.32. The first kappa shape index (κ1) is 14.6. The molecule has 0 amide bonds. The molecule has 3 heteroatoms. The lowest BCUT2D eigenvalue weighted by molar-refractivity contribution is 0.210. The van der Waals surface area contributed by atoms with Gasteiger partial charge < -0.3 is 10.4 Å². The lowest BCUT2D eigenvalue weighted by Gasteiger charge is -2.20. The van der Waals surface area contributed by atoms with Crippen LogP contribution < -0.4 is 5.32 Å². The Balaban J connectivity index is 2.46. The van der Waals surface area contributed by atoms with Crippen LogP contribution in [0.2, 0.25) is 0 Å². The van der Waals surface area contributed by atoms with E-state index in [1.165, 1.54) is 10.5 Å². The van der Waals surface area contributed by atoms with E-state index in [2.05, 4.69) is 50.4 Å². The summed E-state index contributed by atoms with van der Waals surface area (Å²) >= 11 is 1.86. The zero-order valence-electron chi connectivity index (χ0n) is 10.9. The third kappa shape index (κ3) is 5.11. The summed E-state index contributed by atoms with van der Waals surface area (Å²) in [5.41, 5.74) is 1.27. The quantitative estimate of drug-likeness (QED) is 0.733. The number of rotatable bonds is 7. The van der Waals surface area contributed by atoms with Crippen LogP contribution in [0.1, 0.15) is 26.3 Å². The number of thioether (sulfide) groups is 1. The standard InChI is InChI=1S/C14H23NOS/c1-4-17-13-7-5-12(6-8-13)9-15-14(10-16)11(2)3/h5-8,11,14-16H,4,9-10H2,1-3H3. The van der Waals surface area contributed by atoms with Crippen LogP contribution in [0.25, 0.3) is 0 Å². The van der Waals surface area contributed by atoms with Crippen molar-refractivity contribution < 1.29 is 5.11 Å². The van der Waals surface area contributed by atoms with Gasteiger partial charge in [-0.3, -0.25) is 0 Å². The third-order valence-electron chi connectivity index (χ3n) is 2.80. The van der Waals surface area contributed by atoms with Crippen molar-refractivity contribution in [2.24, 2.45) is 5.92 Å². The molecule has 0 aliphatic carbocycles. The van der Waals surface area contributed by atoms with Gasteiger partial charge in [0.05, 0.1) is 6.61 Å². The van der Waals surface area contributed by atoms with Crippen molar-refractivity contribution in [3.63, 3.8) is 0 Å². The zero-order chi connectivity index (χ0) is 12.7. The van der Waals surface area contributed by atoms with E-state index in [1.54, 1.807) is 0 Å². The SMILES string of the molecule is CCSc1ccc(CNC(CO)C(C)C)cc1. The predicted octanol–water partition coefficient (Wildman–Crippen LogP) is 2.91. The molecule has 1 aromatic rings. The molecule has 0 bridgehead atoms. The molecule has 0 saturated heterocycles. The van der Waals surface area contributed by atoms with Crippen molar-refractivity contribution in [2.45, 2.75) is 38.3 Å². The second-order valence-electron chi connectivity index (χ2n) is 4.49. The van der Waals surface area contributed by atoms with Crippen molar-refractivity contribution in [1.29, 1.82) is 0 Å². The molecule has 2 nitrogen and oxygen atoms in total. The Morgan fingerprint density at radius 1 is 1.24 bits per heavy atom. The number of hydrogen-bond acceptors (Lipinski definition) is 3. The third-order valence-corrected chi connectivity index (χ3v) is 3.70. The summed E-state index contributed by atoms with van der Waals surface area (Å²) in [5.74, 6) is 1.56. The van der Waals surface area contributed by atoms with Gasteiger partial charge in [0, 0.05) is 17.5 Å². The molecular formula is C14H23NOS. The Kier molecular flexibility index (Phi) is 6.63. The molecule has 1 aromatic carbocycles. The van der Waals surface area contributed by atoms with E-state index < -0.39 is 0 Å². The smallest absolute Gasteiger partial charge is 0.0587 e. The minimum atomic E-state index is 0.180. The maximum absolute atomic E-state index is 9.22. The highest BCUT2D eigenvalue weighted by Gasteiger charge is 2.10. The van der Waals surface area contributed by atoms with Crippen molar-refractivity contribution in [3.05, 3.63) is 29.8 Å². The molecular weight excluding hydrogens is 230 g/mol. The van der Waals surface area contributed by atoms with E-state index in [4.69, 9.17) is 0 Å². The van der Waals surface area contributed by atoms with Crippen molar-refractivity contribution in [1.82, 2.24) is 5.32 Å². The van der Waals surface area contributed by atoms with E-state index in [0.29, 0.717) is 5.92 Å². The summed E-state index contributed by atoms with van der Waals surface area (Å²) in [6.07, 6.45) is 0. The first-order valence-electron chi connectivity index (χ1n) is 6.23. The Morgan fingerprint density at radius 2 is 1.88 bits per heavy atom. The molecule has 2 N–H and O–H groups in total. The van der Waals surface area contributed by atoms with E-state index in [9.17, 15) is 5.11 Å². The molecule has 0 aliphatic heterocycles. The van der Waals surface area contributed by atoms with Crippen molar-refractivity contribution >= 4 is 11.8 Å². The number of nitrogens with one attached hydrogen (secondary N) is 1. The normalized spacial score (nSPS) is 13.0. The van der Waals surface area contributed by atoms with E-state index in [1.807, 2.05) is 11.8 Å². The van der Waals surface area contributed by atoms with Gasteiger partial charge in [0.1, 0.15) is 0 Å². The molecule has 17 heavy (non-hydrogen) atoms. The summed E-state index contributed by atoms with van der Waals surface area (Å²) < 4.78 is 0. The fraction of sp³-hybridized carbons (Fsp3) is 0.571. The summed E-state index contributed by atoms with van der Waals surface area (Å²) in [6, 6.07) is 8.81. The maximum Gasteiger partial charge on any atom is 0.0587 e. The monoisotopic (exact) mass is 253 g/mol. The molecule has 0 aliphatic rings. The average molecular weight is 253 g/mol. The number of hydrogen-bond donors (Lipinski definition) is 2. The molecule has 1 atom stereocenters. The van der Waals surface area contributed by atoms with Gasteiger partial charge in [0.2, 0.25) is 0 Å². The lowest BCUT2D eigenvalue weighted by Crippen LogP contribution is -2.36. The molecule has 0 aromatic heterocycles. The molecule has 1 rings (SSSR count). The van der Waals surface area contributed by atoms with Crippen LogP contribution in [0, 0.1) is 5.92 Å². The Morgan fingerprint density at radius 3 is 2.35 bits per heavy atom. The summed E-state index contributed by atoms with van der Waals surface area (Å²) in [7, 11) is 0. The Hall–Kier alpha value is -0.510. The van der Waals surface area contributed by atoms with E-state index >= 15 is 0 Å². The average Bonchev–Trinajstić information content (AvgIpc) is 2.32.